The Morgan fingerprint density at radius 3 is 2.37 bits per heavy atom. The normalized spacial score (nSPS) is 16.8. The summed E-state index contributed by atoms with van der Waals surface area (Å²) in [6.45, 7) is 0.206. The van der Waals surface area contributed by atoms with E-state index in [2.05, 4.69) is 4.98 Å². The number of methoxy groups -OCH3 is 2. The fourth-order valence-corrected chi connectivity index (χ4v) is 5.31. The molecular formula is C29H24Cl2N2O5. The summed E-state index contributed by atoms with van der Waals surface area (Å²) >= 11 is 12.7. The number of benzene rings is 3. The molecule has 7 nitrogen and oxygen atoms in total. The van der Waals surface area contributed by atoms with Crippen molar-refractivity contribution in [1.82, 2.24) is 9.88 Å². The van der Waals surface area contributed by atoms with Gasteiger partial charge in [-0.05, 0) is 72.1 Å². The number of aliphatic hydroxyl groups is 1. The molecule has 1 aliphatic heterocycles. The lowest BCUT2D eigenvalue weighted by molar-refractivity contribution is -0.139. The number of rotatable bonds is 7. The van der Waals surface area contributed by atoms with Crippen molar-refractivity contribution in [3.05, 3.63) is 99.2 Å². The van der Waals surface area contributed by atoms with Crippen LogP contribution >= 0.6 is 23.2 Å². The van der Waals surface area contributed by atoms with Crippen LogP contribution in [0.3, 0.4) is 0 Å². The molecule has 4 aromatic rings. The molecule has 194 valence electrons. The lowest BCUT2D eigenvalue weighted by atomic mass is 9.95. The Labute approximate surface area is 229 Å². The third-order valence-corrected chi connectivity index (χ3v) is 7.32. The number of fused-ring (bicyclic) bond motifs is 1. The SMILES string of the molecule is COc1ccc(C(O)=C2C(=O)C(=O)N(CCc3c[nH]c4ccc(OC)cc34)[C@H]2c2ccc(Cl)cc2Cl)cc1. The van der Waals surface area contributed by atoms with Gasteiger partial charge in [-0.2, -0.15) is 0 Å². The van der Waals surface area contributed by atoms with Crippen LogP contribution in [-0.2, 0) is 16.0 Å². The van der Waals surface area contributed by atoms with Crippen molar-refractivity contribution in [2.24, 2.45) is 0 Å². The summed E-state index contributed by atoms with van der Waals surface area (Å²) in [4.78, 5) is 31.4. The maximum Gasteiger partial charge on any atom is 0.295 e. The topological polar surface area (TPSA) is 91.9 Å². The zero-order valence-corrected chi connectivity index (χ0v) is 22.1. The Morgan fingerprint density at radius 2 is 1.68 bits per heavy atom. The predicted octanol–water partition coefficient (Wildman–Crippen LogP) is 6.16. The molecule has 1 atom stereocenters. The van der Waals surface area contributed by atoms with E-state index in [1.54, 1.807) is 49.6 Å². The highest BCUT2D eigenvalue weighted by molar-refractivity contribution is 6.47. The maximum absolute atomic E-state index is 13.4. The Balaban J connectivity index is 1.57. The molecule has 0 spiro atoms. The van der Waals surface area contributed by atoms with Gasteiger partial charge in [0.1, 0.15) is 17.3 Å². The van der Waals surface area contributed by atoms with E-state index in [4.69, 9.17) is 32.7 Å². The highest BCUT2D eigenvalue weighted by atomic mass is 35.5. The van der Waals surface area contributed by atoms with Gasteiger partial charge in [-0.3, -0.25) is 9.59 Å². The number of aromatic nitrogens is 1. The molecule has 3 aromatic carbocycles. The summed E-state index contributed by atoms with van der Waals surface area (Å²) in [6.07, 6.45) is 2.33. The average molecular weight is 551 g/mol. The molecule has 0 bridgehead atoms. The minimum atomic E-state index is -0.901. The maximum atomic E-state index is 13.4. The fraction of sp³-hybridized carbons (Fsp3) is 0.172. The second-order valence-electron chi connectivity index (χ2n) is 8.86. The van der Waals surface area contributed by atoms with Crippen LogP contribution in [0.2, 0.25) is 10.0 Å². The van der Waals surface area contributed by atoms with Gasteiger partial charge in [-0.15, -0.1) is 0 Å². The summed E-state index contributed by atoms with van der Waals surface area (Å²) in [6, 6.07) is 16.3. The molecule has 1 amide bonds. The number of amides is 1. The number of ether oxygens (including phenoxy) is 2. The highest BCUT2D eigenvalue weighted by Gasteiger charge is 2.46. The lowest BCUT2D eigenvalue weighted by Crippen LogP contribution is -2.31. The number of aromatic amines is 1. The molecule has 5 rings (SSSR count). The van der Waals surface area contributed by atoms with Crippen LogP contribution in [0.25, 0.3) is 16.7 Å². The van der Waals surface area contributed by atoms with Crippen molar-refractivity contribution in [3.8, 4) is 11.5 Å². The van der Waals surface area contributed by atoms with Crippen LogP contribution in [0.4, 0.5) is 0 Å². The van der Waals surface area contributed by atoms with Gasteiger partial charge < -0.3 is 24.5 Å². The van der Waals surface area contributed by atoms with Crippen molar-refractivity contribution in [2.45, 2.75) is 12.5 Å². The molecule has 1 saturated heterocycles. The molecule has 2 heterocycles. The van der Waals surface area contributed by atoms with Gasteiger partial charge in [0.25, 0.3) is 11.7 Å². The van der Waals surface area contributed by atoms with Crippen LogP contribution in [-0.4, -0.2) is 47.4 Å². The van der Waals surface area contributed by atoms with E-state index in [-0.39, 0.29) is 22.9 Å². The van der Waals surface area contributed by atoms with E-state index in [1.807, 2.05) is 24.4 Å². The van der Waals surface area contributed by atoms with Gasteiger partial charge in [-0.1, -0.05) is 29.3 Å². The fourth-order valence-electron chi connectivity index (χ4n) is 4.79. The number of H-pyrrole nitrogens is 1. The first-order valence-corrected chi connectivity index (χ1v) is 12.6. The average Bonchev–Trinajstić information content (AvgIpc) is 3.44. The van der Waals surface area contributed by atoms with Crippen LogP contribution in [0.1, 0.15) is 22.7 Å². The first kappa shape index (κ1) is 25.7. The molecule has 0 radical (unpaired) electrons. The van der Waals surface area contributed by atoms with Crippen LogP contribution in [0, 0.1) is 0 Å². The Hall–Kier alpha value is -3.94. The number of hydrogen-bond donors (Lipinski definition) is 2. The zero-order chi connectivity index (χ0) is 27.0. The van der Waals surface area contributed by atoms with Gasteiger partial charge in [0.15, 0.2) is 0 Å². The number of halogens is 2. The quantitative estimate of drug-likeness (QED) is 0.163. The molecule has 1 fully saturated rings. The summed E-state index contributed by atoms with van der Waals surface area (Å²) in [5.74, 6) is -0.481. The van der Waals surface area contributed by atoms with Crippen molar-refractivity contribution < 1.29 is 24.2 Å². The molecule has 0 saturated carbocycles. The molecular weight excluding hydrogens is 527 g/mol. The summed E-state index contributed by atoms with van der Waals surface area (Å²) in [5, 5.41) is 12.9. The second kappa shape index (κ2) is 10.4. The monoisotopic (exact) mass is 550 g/mol. The molecule has 0 aliphatic carbocycles. The minimum absolute atomic E-state index is 0.0371. The lowest BCUT2D eigenvalue weighted by Gasteiger charge is -2.26. The molecule has 1 aromatic heterocycles. The van der Waals surface area contributed by atoms with E-state index < -0.39 is 17.7 Å². The Morgan fingerprint density at radius 1 is 0.974 bits per heavy atom. The van der Waals surface area contributed by atoms with E-state index >= 15 is 0 Å². The number of nitrogens with one attached hydrogen (secondary N) is 1. The number of carbonyl (C=O) groups is 2. The number of aliphatic hydroxyl groups excluding tert-OH is 1. The third-order valence-electron chi connectivity index (χ3n) is 6.76. The van der Waals surface area contributed by atoms with Crippen molar-refractivity contribution in [3.63, 3.8) is 0 Å². The number of carbonyl (C=O) groups excluding carboxylic acids is 2. The Kier molecular flexibility index (Phi) is 7.06. The number of nitrogens with zero attached hydrogens (tertiary/aromatic N) is 1. The molecule has 38 heavy (non-hydrogen) atoms. The van der Waals surface area contributed by atoms with Crippen LogP contribution < -0.4 is 9.47 Å². The zero-order valence-electron chi connectivity index (χ0n) is 20.6. The molecule has 1 aliphatic rings. The molecule has 0 unspecified atom stereocenters. The first-order valence-electron chi connectivity index (χ1n) is 11.8. The van der Waals surface area contributed by atoms with E-state index in [9.17, 15) is 14.7 Å². The minimum Gasteiger partial charge on any atom is -0.507 e. The second-order valence-corrected chi connectivity index (χ2v) is 9.71. The smallest absolute Gasteiger partial charge is 0.295 e. The van der Waals surface area contributed by atoms with E-state index in [1.165, 1.54) is 12.0 Å². The summed E-state index contributed by atoms with van der Waals surface area (Å²) in [5.41, 5.74) is 2.72. The van der Waals surface area contributed by atoms with Gasteiger partial charge in [0.05, 0.1) is 25.8 Å². The summed E-state index contributed by atoms with van der Waals surface area (Å²) in [7, 11) is 3.14. The number of hydrogen-bond acceptors (Lipinski definition) is 5. The third kappa shape index (κ3) is 4.59. The van der Waals surface area contributed by atoms with Gasteiger partial charge in [0.2, 0.25) is 0 Å². The predicted molar refractivity (Wildman–Crippen MR) is 147 cm³/mol. The number of likely N-dealkylation sites (tertiary alicyclic amines) is 1. The van der Waals surface area contributed by atoms with Gasteiger partial charge >= 0.3 is 0 Å². The van der Waals surface area contributed by atoms with E-state index in [0.717, 1.165) is 16.5 Å². The summed E-state index contributed by atoms with van der Waals surface area (Å²) < 4.78 is 10.6. The Bertz CT molecular complexity index is 1580. The molecule has 9 heteroatoms. The van der Waals surface area contributed by atoms with Gasteiger partial charge in [0, 0.05) is 39.3 Å². The largest absolute Gasteiger partial charge is 0.507 e. The van der Waals surface area contributed by atoms with Crippen molar-refractivity contribution >= 4 is 51.6 Å². The van der Waals surface area contributed by atoms with Crippen molar-refractivity contribution in [2.75, 3.05) is 20.8 Å². The van der Waals surface area contributed by atoms with Crippen LogP contribution in [0.5, 0.6) is 11.5 Å². The van der Waals surface area contributed by atoms with Gasteiger partial charge in [-0.25, -0.2) is 0 Å². The van der Waals surface area contributed by atoms with Crippen molar-refractivity contribution in [1.29, 1.82) is 0 Å². The number of Topliss-reactive ketones (excluding diaryl/α,β-unsaturated/α-hetero) is 1. The first-order chi connectivity index (χ1) is 18.3. The van der Waals surface area contributed by atoms with Crippen LogP contribution in [0.15, 0.2) is 72.4 Å². The van der Waals surface area contributed by atoms with E-state index in [0.29, 0.717) is 34.1 Å². The highest BCUT2D eigenvalue weighted by Crippen LogP contribution is 2.42. The number of ketones is 1. The standard InChI is InChI=1S/C29H24Cl2N2O5/c1-37-19-6-3-16(4-7-19)27(34)25-26(21-9-5-18(30)13-23(21)31)33(29(36)28(25)35)12-11-17-15-32-24-10-8-20(38-2)14-22(17)24/h3-10,13-15,26,32,34H,11-12H2,1-2H3/t26-/m0/s1. The molecule has 2 N–H and O–H groups in total.